The number of halogens is 1. The zero-order chi connectivity index (χ0) is 24.0. The monoisotopic (exact) mass is 496 g/mol. The largest absolute Gasteiger partial charge is 0.366 e. The maximum absolute atomic E-state index is 13.6. The van der Waals surface area contributed by atoms with Crippen LogP contribution in [0.2, 0.25) is 5.15 Å². The predicted molar refractivity (Wildman–Crippen MR) is 125 cm³/mol. The van der Waals surface area contributed by atoms with Gasteiger partial charge in [-0.25, -0.2) is 15.0 Å². The van der Waals surface area contributed by atoms with Crippen LogP contribution in [0.5, 0.6) is 0 Å². The number of ether oxygens (including phenoxy) is 1. The van der Waals surface area contributed by atoms with E-state index in [1.54, 1.807) is 40.1 Å². The fourth-order valence-corrected chi connectivity index (χ4v) is 7.68. The van der Waals surface area contributed by atoms with Crippen molar-refractivity contribution >= 4 is 30.4 Å². The molecule has 0 saturated heterocycles. The average molecular weight is 497 g/mol. The van der Waals surface area contributed by atoms with Gasteiger partial charge in [0, 0.05) is 17.3 Å². The number of allylic oxidation sites excluding steroid dienone is 2. The Morgan fingerprint density at radius 1 is 1.30 bits per heavy atom. The number of imidazole rings is 1. The number of rotatable bonds is 10. The van der Waals surface area contributed by atoms with E-state index in [0.717, 1.165) is 0 Å². The highest BCUT2D eigenvalue weighted by atomic mass is 35.5. The van der Waals surface area contributed by atoms with Gasteiger partial charge in [-0.05, 0) is 27.7 Å². The molecule has 9 nitrogen and oxygen atoms in total. The second kappa shape index (κ2) is 8.87. The molecule has 2 aromatic heterocycles. The highest BCUT2D eigenvalue weighted by molar-refractivity contribution is 7.53. The summed E-state index contributed by atoms with van der Waals surface area (Å²) in [5, 5.41) is 10.8. The maximum Gasteiger partial charge on any atom is 0.331 e. The van der Waals surface area contributed by atoms with Crippen LogP contribution in [-0.4, -0.2) is 55.9 Å². The summed E-state index contributed by atoms with van der Waals surface area (Å²) in [6.45, 7) is 11.4. The standard InChI is InChI=1S/C22H30ClN4O5P/c1-6-14-18(32-21(4,5)28)17(27-13-26-16-19(23)24-12-25-20(16)27)15-9-10-22(14,15)11-33(29,30-7-2)31-8-3/h6,9-10,12-15,17-18,28H,1,7-8,11H2,2-5H3/t14?,15-,17-,18-,22-/m1/s1. The van der Waals surface area contributed by atoms with Crippen molar-refractivity contribution < 1.29 is 23.5 Å². The molecule has 1 N–H and O–H groups in total. The fraction of sp³-hybridized carbons (Fsp3) is 0.591. The van der Waals surface area contributed by atoms with E-state index < -0.39 is 24.9 Å². The summed E-state index contributed by atoms with van der Waals surface area (Å²) in [6, 6.07) is -0.322. The van der Waals surface area contributed by atoms with Crippen molar-refractivity contribution in [2.75, 3.05) is 19.4 Å². The van der Waals surface area contributed by atoms with E-state index in [0.29, 0.717) is 11.2 Å². The third-order valence-corrected chi connectivity index (χ3v) is 8.86. The van der Waals surface area contributed by atoms with Gasteiger partial charge in [0.25, 0.3) is 0 Å². The molecule has 0 aliphatic heterocycles. The van der Waals surface area contributed by atoms with Crippen LogP contribution in [-0.2, 0) is 18.3 Å². The van der Waals surface area contributed by atoms with Gasteiger partial charge in [-0.3, -0.25) is 4.57 Å². The van der Waals surface area contributed by atoms with Crippen LogP contribution in [0.3, 0.4) is 0 Å². The molecule has 0 bridgehead atoms. The van der Waals surface area contributed by atoms with E-state index in [1.807, 2.05) is 10.6 Å². The van der Waals surface area contributed by atoms with Crippen molar-refractivity contribution in [1.82, 2.24) is 19.5 Å². The molecular weight excluding hydrogens is 467 g/mol. The summed E-state index contributed by atoms with van der Waals surface area (Å²) < 4.78 is 33.0. The molecule has 180 valence electrons. The maximum atomic E-state index is 13.6. The van der Waals surface area contributed by atoms with Crippen LogP contribution < -0.4 is 0 Å². The molecule has 1 unspecified atom stereocenters. The van der Waals surface area contributed by atoms with Gasteiger partial charge in [0.15, 0.2) is 16.6 Å². The highest BCUT2D eigenvalue weighted by Crippen LogP contribution is 2.68. The number of nitrogens with zero attached hydrogens (tertiary/aromatic N) is 4. The average Bonchev–Trinajstić information content (AvgIpc) is 3.20. The summed E-state index contributed by atoms with van der Waals surface area (Å²) >= 11 is 6.24. The molecular formula is C22H30ClN4O5P. The van der Waals surface area contributed by atoms with Crippen molar-refractivity contribution in [3.63, 3.8) is 0 Å². The Balaban J connectivity index is 1.84. The van der Waals surface area contributed by atoms with Gasteiger partial charge in [0.2, 0.25) is 0 Å². The molecule has 0 aromatic carbocycles. The van der Waals surface area contributed by atoms with Crippen LogP contribution >= 0.6 is 19.2 Å². The predicted octanol–water partition coefficient (Wildman–Crippen LogP) is 4.39. The molecule has 0 amide bonds. The quantitative estimate of drug-likeness (QED) is 0.223. The van der Waals surface area contributed by atoms with Crippen molar-refractivity contribution in [2.45, 2.75) is 45.6 Å². The number of hydrogen-bond acceptors (Lipinski definition) is 8. The third-order valence-electron chi connectivity index (χ3n) is 6.35. The number of aliphatic hydroxyl groups is 1. The lowest BCUT2D eigenvalue weighted by Gasteiger charge is -2.44. The molecule has 2 aliphatic rings. The Hall–Kier alpha value is -1.61. The first-order valence-corrected chi connectivity index (χ1v) is 13.1. The van der Waals surface area contributed by atoms with E-state index in [1.165, 1.54) is 6.33 Å². The Labute approximate surface area is 198 Å². The van der Waals surface area contributed by atoms with E-state index >= 15 is 0 Å². The van der Waals surface area contributed by atoms with Crippen molar-refractivity contribution in [3.05, 3.63) is 42.6 Å². The van der Waals surface area contributed by atoms with Gasteiger partial charge in [0.05, 0.1) is 37.8 Å². The summed E-state index contributed by atoms with van der Waals surface area (Å²) in [7, 11) is -3.40. The van der Waals surface area contributed by atoms with Gasteiger partial charge >= 0.3 is 7.60 Å². The molecule has 5 atom stereocenters. The lowest BCUT2D eigenvalue weighted by molar-refractivity contribution is -0.218. The topological polar surface area (TPSA) is 109 Å². The third kappa shape index (κ3) is 4.20. The normalized spacial score (nSPS) is 29.3. The Bertz CT molecular complexity index is 1110. The minimum atomic E-state index is -3.40. The summed E-state index contributed by atoms with van der Waals surface area (Å²) in [5.74, 6) is -1.82. The van der Waals surface area contributed by atoms with Gasteiger partial charge in [-0.2, -0.15) is 0 Å². The van der Waals surface area contributed by atoms with Crippen LogP contribution in [0.15, 0.2) is 37.5 Å². The summed E-state index contributed by atoms with van der Waals surface area (Å²) in [4.78, 5) is 12.8. The number of aromatic nitrogens is 4. The second-order valence-electron chi connectivity index (χ2n) is 8.87. The SMILES string of the molecule is C=CC1[C@@H](OC(C)(C)O)[C@H](n2cnc3c(Cl)ncnc32)[C@H]2C=C[C@@]12CP(=O)(OCC)OCC. The van der Waals surface area contributed by atoms with Crippen LogP contribution in [0.4, 0.5) is 0 Å². The zero-order valence-electron chi connectivity index (χ0n) is 19.2. The van der Waals surface area contributed by atoms with E-state index in [2.05, 4.69) is 27.6 Å². The molecule has 11 heteroatoms. The fourth-order valence-electron chi connectivity index (χ4n) is 5.27. The van der Waals surface area contributed by atoms with E-state index in [-0.39, 0.29) is 42.4 Å². The molecule has 0 spiro atoms. The zero-order valence-corrected chi connectivity index (χ0v) is 20.9. The second-order valence-corrected chi connectivity index (χ2v) is 11.3. The molecule has 2 aliphatic carbocycles. The Morgan fingerprint density at radius 2 is 2.00 bits per heavy atom. The number of fused-ring (bicyclic) bond motifs is 2. The van der Waals surface area contributed by atoms with Crippen LogP contribution in [0.25, 0.3) is 11.2 Å². The highest BCUT2D eigenvalue weighted by Gasteiger charge is 2.65. The molecule has 4 rings (SSSR count). The Kier molecular flexibility index (Phi) is 6.59. The summed E-state index contributed by atoms with van der Waals surface area (Å²) in [5.41, 5.74) is 0.433. The van der Waals surface area contributed by atoms with Crippen molar-refractivity contribution in [1.29, 1.82) is 0 Å². The molecule has 2 heterocycles. The lowest BCUT2D eigenvalue weighted by Crippen LogP contribution is -2.41. The Morgan fingerprint density at radius 3 is 2.55 bits per heavy atom. The smallest absolute Gasteiger partial charge is 0.331 e. The molecule has 2 aromatic rings. The van der Waals surface area contributed by atoms with Crippen molar-refractivity contribution in [3.8, 4) is 0 Å². The van der Waals surface area contributed by atoms with Gasteiger partial charge in [0.1, 0.15) is 11.8 Å². The van der Waals surface area contributed by atoms with Gasteiger partial charge < -0.3 is 23.5 Å². The molecule has 1 fully saturated rings. The first-order chi connectivity index (χ1) is 15.6. The van der Waals surface area contributed by atoms with Gasteiger partial charge in [-0.15, -0.1) is 6.58 Å². The lowest BCUT2D eigenvalue weighted by atomic mass is 9.65. The van der Waals surface area contributed by atoms with Crippen LogP contribution in [0.1, 0.15) is 33.7 Å². The van der Waals surface area contributed by atoms with E-state index in [9.17, 15) is 9.67 Å². The van der Waals surface area contributed by atoms with Gasteiger partial charge in [-0.1, -0.05) is 29.8 Å². The molecule has 0 radical (unpaired) electrons. The minimum absolute atomic E-state index is 0.117. The van der Waals surface area contributed by atoms with Crippen molar-refractivity contribution in [2.24, 2.45) is 17.3 Å². The summed E-state index contributed by atoms with van der Waals surface area (Å²) in [6.07, 6.45) is 8.59. The first-order valence-electron chi connectivity index (χ1n) is 11.0. The molecule has 1 saturated carbocycles. The van der Waals surface area contributed by atoms with Crippen LogP contribution in [0, 0.1) is 17.3 Å². The molecule has 33 heavy (non-hydrogen) atoms. The number of hydrogen-bond donors (Lipinski definition) is 1. The minimum Gasteiger partial charge on any atom is -0.366 e. The first kappa shape index (κ1) is 24.5. The van der Waals surface area contributed by atoms with E-state index in [4.69, 9.17) is 25.4 Å².